The van der Waals surface area contributed by atoms with Crippen LogP contribution in [-0.4, -0.2) is 62.0 Å². The number of carbonyl (C=O) groups is 1. The molecule has 4 heteroatoms. The van der Waals surface area contributed by atoms with Crippen LogP contribution in [0.15, 0.2) is 0 Å². The number of hydrogen-bond acceptors (Lipinski definition) is 3. The first-order valence-electron chi connectivity index (χ1n) is 7.31. The molecular weight excluding hydrogens is 226 g/mol. The van der Waals surface area contributed by atoms with Gasteiger partial charge in [0.2, 0.25) is 5.91 Å². The fraction of sp³-hybridized carbons (Fsp3) is 0.929. The van der Waals surface area contributed by atoms with Gasteiger partial charge in [-0.15, -0.1) is 0 Å². The summed E-state index contributed by atoms with van der Waals surface area (Å²) in [4.78, 5) is 16.5. The smallest absolute Gasteiger partial charge is 0.224 e. The molecule has 1 aliphatic carbocycles. The summed E-state index contributed by atoms with van der Waals surface area (Å²) in [6.45, 7) is 4.08. The fourth-order valence-electron chi connectivity index (χ4n) is 2.66. The Labute approximate surface area is 111 Å². The van der Waals surface area contributed by atoms with Crippen molar-refractivity contribution in [2.75, 3.05) is 40.3 Å². The minimum Gasteiger partial charge on any atom is -0.339 e. The molecule has 1 unspecified atom stereocenters. The third kappa shape index (κ3) is 4.25. The van der Waals surface area contributed by atoms with Crippen LogP contribution in [0.5, 0.6) is 0 Å². The number of nitrogens with one attached hydrogen (secondary N) is 1. The first-order valence-corrected chi connectivity index (χ1v) is 7.31. The van der Waals surface area contributed by atoms with Crippen molar-refractivity contribution in [3.63, 3.8) is 0 Å². The van der Waals surface area contributed by atoms with Gasteiger partial charge in [-0.3, -0.25) is 4.79 Å². The monoisotopic (exact) mass is 253 g/mol. The molecule has 1 aliphatic heterocycles. The second-order valence-corrected chi connectivity index (χ2v) is 6.04. The molecule has 0 aromatic carbocycles. The van der Waals surface area contributed by atoms with E-state index in [2.05, 4.69) is 15.1 Å². The zero-order chi connectivity index (χ0) is 13.0. The van der Waals surface area contributed by atoms with Crippen molar-refractivity contribution in [3.05, 3.63) is 0 Å². The molecule has 0 aromatic heterocycles. The predicted molar refractivity (Wildman–Crippen MR) is 73.5 cm³/mol. The van der Waals surface area contributed by atoms with E-state index >= 15 is 0 Å². The lowest BCUT2D eigenvalue weighted by molar-refractivity contribution is -0.132. The Morgan fingerprint density at radius 3 is 2.61 bits per heavy atom. The second kappa shape index (κ2) is 6.53. The Morgan fingerprint density at radius 2 is 2.06 bits per heavy atom. The van der Waals surface area contributed by atoms with E-state index < -0.39 is 0 Å². The predicted octanol–water partition coefficient (Wildman–Crippen LogP) is 0.929. The van der Waals surface area contributed by atoms with Crippen LogP contribution in [0.3, 0.4) is 0 Å². The van der Waals surface area contributed by atoms with Gasteiger partial charge in [-0.25, -0.2) is 0 Å². The summed E-state index contributed by atoms with van der Waals surface area (Å²) in [6, 6.07) is 0.557. The lowest BCUT2D eigenvalue weighted by Crippen LogP contribution is -2.42. The van der Waals surface area contributed by atoms with E-state index in [0.29, 0.717) is 24.3 Å². The number of piperidine rings is 1. The number of carbonyl (C=O) groups excluding carboxylic acids is 1. The highest BCUT2D eigenvalue weighted by Crippen LogP contribution is 2.29. The molecule has 1 saturated carbocycles. The average molecular weight is 253 g/mol. The van der Waals surface area contributed by atoms with Crippen LogP contribution in [-0.2, 0) is 4.79 Å². The number of amides is 1. The first kappa shape index (κ1) is 13.8. The van der Waals surface area contributed by atoms with Crippen molar-refractivity contribution in [3.8, 4) is 0 Å². The maximum Gasteiger partial charge on any atom is 0.224 e. The van der Waals surface area contributed by atoms with Gasteiger partial charge in [0.15, 0.2) is 0 Å². The number of hydrogen-bond donors (Lipinski definition) is 1. The van der Waals surface area contributed by atoms with Crippen molar-refractivity contribution in [1.29, 1.82) is 0 Å². The average Bonchev–Trinajstić information content (AvgIpc) is 3.18. The van der Waals surface area contributed by atoms with Gasteiger partial charge in [0.25, 0.3) is 0 Å². The molecule has 2 aliphatic rings. The SMILES string of the molecule is CN(C)CCC(=O)N(CC1CCCNC1)C1CC1. The van der Waals surface area contributed by atoms with Crippen LogP contribution >= 0.6 is 0 Å². The quantitative estimate of drug-likeness (QED) is 0.765. The van der Waals surface area contributed by atoms with Gasteiger partial charge < -0.3 is 15.1 Å². The van der Waals surface area contributed by atoms with Gasteiger partial charge in [-0.2, -0.15) is 0 Å². The van der Waals surface area contributed by atoms with Crippen molar-refractivity contribution in [1.82, 2.24) is 15.1 Å². The van der Waals surface area contributed by atoms with E-state index in [1.165, 1.54) is 25.7 Å². The molecular formula is C14H27N3O. The van der Waals surface area contributed by atoms with Crippen LogP contribution in [0.1, 0.15) is 32.1 Å². The molecule has 0 aromatic rings. The topological polar surface area (TPSA) is 35.6 Å². The van der Waals surface area contributed by atoms with Crippen LogP contribution in [0.25, 0.3) is 0 Å². The van der Waals surface area contributed by atoms with E-state index in [0.717, 1.165) is 26.2 Å². The minimum absolute atomic E-state index is 0.358. The van der Waals surface area contributed by atoms with E-state index in [4.69, 9.17) is 0 Å². The lowest BCUT2D eigenvalue weighted by Gasteiger charge is -2.30. The van der Waals surface area contributed by atoms with E-state index in [-0.39, 0.29) is 0 Å². The van der Waals surface area contributed by atoms with E-state index in [1.54, 1.807) is 0 Å². The molecule has 2 fully saturated rings. The van der Waals surface area contributed by atoms with Gasteiger partial charge in [0.05, 0.1) is 0 Å². The Bertz CT molecular complexity index is 270. The van der Waals surface area contributed by atoms with Gasteiger partial charge in [-0.1, -0.05) is 0 Å². The number of rotatable bonds is 6. The summed E-state index contributed by atoms with van der Waals surface area (Å²) in [6.07, 6.45) is 5.64. The maximum atomic E-state index is 12.3. The van der Waals surface area contributed by atoms with Crippen molar-refractivity contribution < 1.29 is 4.79 Å². The third-order valence-corrected chi connectivity index (χ3v) is 3.93. The van der Waals surface area contributed by atoms with Crippen LogP contribution in [0, 0.1) is 5.92 Å². The molecule has 18 heavy (non-hydrogen) atoms. The zero-order valence-corrected chi connectivity index (χ0v) is 11.8. The van der Waals surface area contributed by atoms with Crippen LogP contribution in [0.4, 0.5) is 0 Å². The van der Waals surface area contributed by atoms with Crippen LogP contribution < -0.4 is 5.32 Å². The van der Waals surface area contributed by atoms with Gasteiger partial charge in [0.1, 0.15) is 0 Å². The molecule has 1 saturated heterocycles. The third-order valence-electron chi connectivity index (χ3n) is 3.93. The zero-order valence-electron chi connectivity index (χ0n) is 11.8. The Morgan fingerprint density at radius 1 is 1.28 bits per heavy atom. The van der Waals surface area contributed by atoms with Crippen molar-refractivity contribution in [2.45, 2.75) is 38.1 Å². The van der Waals surface area contributed by atoms with Gasteiger partial charge in [-0.05, 0) is 58.8 Å². The molecule has 0 spiro atoms. The summed E-state index contributed by atoms with van der Waals surface area (Å²) >= 11 is 0. The van der Waals surface area contributed by atoms with Gasteiger partial charge >= 0.3 is 0 Å². The Hall–Kier alpha value is -0.610. The molecule has 1 N–H and O–H groups in total. The van der Waals surface area contributed by atoms with Crippen LogP contribution in [0.2, 0.25) is 0 Å². The molecule has 1 atom stereocenters. The molecule has 4 nitrogen and oxygen atoms in total. The Kier molecular flexibility index (Phi) is 5.01. The largest absolute Gasteiger partial charge is 0.339 e. The summed E-state index contributed by atoms with van der Waals surface area (Å²) in [5, 5.41) is 3.44. The van der Waals surface area contributed by atoms with Crippen molar-refractivity contribution in [2.24, 2.45) is 5.92 Å². The Balaban J connectivity index is 1.81. The van der Waals surface area contributed by atoms with E-state index in [1.807, 2.05) is 14.1 Å². The normalized spacial score (nSPS) is 24.3. The fourth-order valence-corrected chi connectivity index (χ4v) is 2.66. The number of nitrogens with zero attached hydrogens (tertiary/aromatic N) is 2. The molecule has 0 bridgehead atoms. The standard InChI is InChI=1S/C14H27N3O/c1-16(2)9-7-14(18)17(13-5-6-13)11-12-4-3-8-15-10-12/h12-13,15H,3-11H2,1-2H3. The lowest BCUT2D eigenvalue weighted by atomic mass is 9.99. The highest BCUT2D eigenvalue weighted by molar-refractivity contribution is 5.77. The first-order chi connectivity index (χ1) is 8.66. The van der Waals surface area contributed by atoms with Gasteiger partial charge in [0, 0.05) is 25.6 Å². The summed E-state index contributed by atoms with van der Waals surface area (Å²) in [5.74, 6) is 1.03. The molecule has 1 heterocycles. The molecule has 0 radical (unpaired) electrons. The van der Waals surface area contributed by atoms with Crippen molar-refractivity contribution >= 4 is 5.91 Å². The summed E-state index contributed by atoms with van der Waals surface area (Å²) < 4.78 is 0. The highest BCUT2D eigenvalue weighted by Gasteiger charge is 2.33. The molecule has 2 rings (SSSR count). The van der Waals surface area contributed by atoms with E-state index in [9.17, 15) is 4.79 Å². The molecule has 104 valence electrons. The molecule has 1 amide bonds. The second-order valence-electron chi connectivity index (χ2n) is 6.04. The maximum absolute atomic E-state index is 12.3. The summed E-state index contributed by atoms with van der Waals surface area (Å²) in [5.41, 5.74) is 0. The highest BCUT2D eigenvalue weighted by atomic mass is 16.2. The summed E-state index contributed by atoms with van der Waals surface area (Å²) in [7, 11) is 4.06. The minimum atomic E-state index is 0.358.